The van der Waals surface area contributed by atoms with E-state index >= 15 is 0 Å². The molecule has 1 aromatic carbocycles. The third-order valence-electron chi connectivity index (χ3n) is 4.09. The van der Waals surface area contributed by atoms with Crippen molar-refractivity contribution in [3.63, 3.8) is 0 Å². The van der Waals surface area contributed by atoms with Gasteiger partial charge >= 0.3 is 0 Å². The molecule has 1 aromatic heterocycles. The molecule has 4 heteroatoms. The number of nitrogens with zero attached hydrogens (tertiary/aromatic N) is 1. The fourth-order valence-corrected chi connectivity index (χ4v) is 2.95. The number of pyridine rings is 1. The van der Waals surface area contributed by atoms with Gasteiger partial charge < -0.3 is 16.2 Å². The number of anilines is 2. The number of hydrogen-bond acceptors (Lipinski definition) is 4. The highest BCUT2D eigenvalue weighted by Crippen LogP contribution is 2.27. The highest BCUT2D eigenvalue weighted by atomic mass is 16.3. The molecule has 1 saturated carbocycles. The maximum atomic E-state index is 10.2. The number of aliphatic hydroxyl groups excluding tert-OH is 1. The maximum Gasteiger partial charge on any atom is 0.0743 e. The van der Waals surface area contributed by atoms with Gasteiger partial charge in [0.15, 0.2) is 0 Å². The van der Waals surface area contributed by atoms with Gasteiger partial charge in [0.25, 0.3) is 0 Å². The highest BCUT2D eigenvalue weighted by molar-refractivity contribution is 5.92. The molecule has 1 aliphatic carbocycles. The second kappa shape index (κ2) is 5.67. The molecule has 0 spiro atoms. The van der Waals surface area contributed by atoms with Crippen molar-refractivity contribution in [3.05, 3.63) is 30.5 Å². The normalized spacial score (nSPS) is 23.4. The van der Waals surface area contributed by atoms with Crippen LogP contribution >= 0.6 is 0 Å². The first-order valence-corrected chi connectivity index (χ1v) is 7.33. The minimum atomic E-state index is -0.269. The first-order chi connectivity index (χ1) is 9.74. The molecule has 0 saturated heterocycles. The zero-order valence-electron chi connectivity index (χ0n) is 11.5. The van der Waals surface area contributed by atoms with Crippen molar-refractivity contribution in [2.75, 3.05) is 11.1 Å². The van der Waals surface area contributed by atoms with Crippen molar-refractivity contribution in [1.82, 2.24) is 4.98 Å². The Morgan fingerprint density at radius 3 is 2.90 bits per heavy atom. The van der Waals surface area contributed by atoms with E-state index in [0.717, 1.165) is 41.5 Å². The van der Waals surface area contributed by atoms with Crippen LogP contribution in [-0.4, -0.2) is 22.2 Å². The fraction of sp³-hybridized carbons (Fsp3) is 0.438. The summed E-state index contributed by atoms with van der Waals surface area (Å²) in [5.74, 6) is 0. The van der Waals surface area contributed by atoms with Crippen LogP contribution in [0.3, 0.4) is 0 Å². The zero-order valence-corrected chi connectivity index (χ0v) is 11.5. The second-order valence-electron chi connectivity index (χ2n) is 5.59. The zero-order chi connectivity index (χ0) is 13.9. The topological polar surface area (TPSA) is 71.2 Å². The van der Waals surface area contributed by atoms with Crippen LogP contribution in [0.5, 0.6) is 0 Å². The van der Waals surface area contributed by atoms with Crippen LogP contribution in [-0.2, 0) is 0 Å². The van der Waals surface area contributed by atoms with E-state index in [1.54, 1.807) is 6.20 Å². The average molecular weight is 271 g/mol. The summed E-state index contributed by atoms with van der Waals surface area (Å²) in [5, 5.41) is 14.8. The van der Waals surface area contributed by atoms with Gasteiger partial charge in [-0.05, 0) is 37.1 Å². The minimum absolute atomic E-state index is 0.126. The Bertz CT molecular complexity index is 599. The van der Waals surface area contributed by atoms with Crippen LogP contribution in [0.1, 0.15) is 32.1 Å². The van der Waals surface area contributed by atoms with E-state index in [1.165, 1.54) is 12.8 Å². The van der Waals surface area contributed by atoms with E-state index in [-0.39, 0.29) is 12.1 Å². The monoisotopic (exact) mass is 271 g/mol. The number of rotatable bonds is 2. The largest absolute Gasteiger partial charge is 0.399 e. The summed E-state index contributed by atoms with van der Waals surface area (Å²) in [5.41, 5.74) is 8.44. The molecular formula is C16H21N3O. The molecule has 0 amide bonds. The molecular weight excluding hydrogens is 250 g/mol. The highest BCUT2D eigenvalue weighted by Gasteiger charge is 2.21. The van der Waals surface area contributed by atoms with Gasteiger partial charge in [0, 0.05) is 23.0 Å². The molecule has 106 valence electrons. The maximum absolute atomic E-state index is 10.2. The molecule has 0 aliphatic heterocycles. The number of aromatic nitrogens is 1. The lowest BCUT2D eigenvalue weighted by Crippen LogP contribution is -2.32. The number of nitrogens with one attached hydrogen (secondary N) is 1. The Morgan fingerprint density at radius 1 is 1.15 bits per heavy atom. The Labute approximate surface area is 119 Å². The third-order valence-corrected chi connectivity index (χ3v) is 4.09. The molecule has 20 heavy (non-hydrogen) atoms. The van der Waals surface area contributed by atoms with Gasteiger partial charge in [0.05, 0.1) is 17.7 Å². The van der Waals surface area contributed by atoms with Gasteiger partial charge in [0.2, 0.25) is 0 Å². The Balaban J connectivity index is 1.90. The summed E-state index contributed by atoms with van der Waals surface area (Å²) in [6.45, 7) is 0. The molecule has 4 nitrogen and oxygen atoms in total. The quantitative estimate of drug-likeness (QED) is 0.580. The molecule has 1 fully saturated rings. The lowest BCUT2D eigenvalue weighted by atomic mass is 10.0. The lowest BCUT2D eigenvalue weighted by Gasteiger charge is -2.23. The summed E-state index contributed by atoms with van der Waals surface area (Å²) < 4.78 is 0. The van der Waals surface area contributed by atoms with Gasteiger partial charge in [-0.2, -0.15) is 0 Å². The number of hydrogen-bond donors (Lipinski definition) is 3. The molecule has 1 aliphatic rings. The summed E-state index contributed by atoms with van der Waals surface area (Å²) in [4.78, 5) is 4.35. The van der Waals surface area contributed by atoms with E-state index in [0.29, 0.717) is 0 Å². The van der Waals surface area contributed by atoms with Gasteiger partial charge in [-0.15, -0.1) is 0 Å². The van der Waals surface area contributed by atoms with Gasteiger partial charge in [-0.3, -0.25) is 4.98 Å². The van der Waals surface area contributed by atoms with E-state index < -0.39 is 0 Å². The Morgan fingerprint density at radius 2 is 2.00 bits per heavy atom. The molecule has 0 bridgehead atoms. The summed E-state index contributed by atoms with van der Waals surface area (Å²) >= 11 is 0. The van der Waals surface area contributed by atoms with Gasteiger partial charge in [-0.1, -0.05) is 19.3 Å². The van der Waals surface area contributed by atoms with E-state index in [1.807, 2.05) is 24.3 Å². The molecule has 4 N–H and O–H groups in total. The van der Waals surface area contributed by atoms with Crippen molar-refractivity contribution < 1.29 is 5.11 Å². The third kappa shape index (κ3) is 2.70. The second-order valence-corrected chi connectivity index (χ2v) is 5.59. The fourth-order valence-electron chi connectivity index (χ4n) is 2.95. The van der Waals surface area contributed by atoms with E-state index in [9.17, 15) is 5.11 Å². The summed E-state index contributed by atoms with van der Waals surface area (Å²) in [6.07, 6.45) is 6.91. The van der Waals surface area contributed by atoms with Gasteiger partial charge in [0.1, 0.15) is 0 Å². The predicted molar refractivity (Wildman–Crippen MR) is 82.7 cm³/mol. The predicted octanol–water partition coefficient (Wildman–Crippen LogP) is 2.92. The first-order valence-electron chi connectivity index (χ1n) is 7.33. The smallest absolute Gasteiger partial charge is 0.0743 e. The molecule has 2 unspecified atom stereocenters. The number of fused-ring (bicyclic) bond motifs is 1. The first kappa shape index (κ1) is 13.2. The Kier molecular flexibility index (Phi) is 3.74. The van der Waals surface area contributed by atoms with Crippen LogP contribution in [0.2, 0.25) is 0 Å². The lowest BCUT2D eigenvalue weighted by molar-refractivity contribution is 0.144. The van der Waals surface area contributed by atoms with Crippen LogP contribution in [0, 0.1) is 0 Å². The van der Waals surface area contributed by atoms with Crippen LogP contribution in [0.25, 0.3) is 10.9 Å². The van der Waals surface area contributed by atoms with Crippen molar-refractivity contribution in [2.24, 2.45) is 0 Å². The van der Waals surface area contributed by atoms with E-state index in [4.69, 9.17) is 5.73 Å². The minimum Gasteiger partial charge on any atom is -0.399 e. The average Bonchev–Trinajstić information content (AvgIpc) is 2.64. The van der Waals surface area contributed by atoms with Crippen molar-refractivity contribution in [3.8, 4) is 0 Å². The number of aliphatic hydroxyl groups is 1. The van der Waals surface area contributed by atoms with Crippen molar-refractivity contribution in [1.29, 1.82) is 0 Å². The van der Waals surface area contributed by atoms with Crippen LogP contribution < -0.4 is 11.1 Å². The van der Waals surface area contributed by atoms with Gasteiger partial charge in [-0.25, -0.2) is 0 Å². The Hall–Kier alpha value is -1.81. The van der Waals surface area contributed by atoms with Crippen molar-refractivity contribution in [2.45, 2.75) is 44.2 Å². The SMILES string of the molecule is Nc1ccc2c(NC3CCCCCC3O)ccnc2c1. The molecule has 2 aromatic rings. The molecule has 1 heterocycles. The summed E-state index contributed by atoms with van der Waals surface area (Å²) in [7, 11) is 0. The van der Waals surface area contributed by atoms with Crippen LogP contribution in [0.4, 0.5) is 11.4 Å². The number of nitrogens with two attached hydrogens (primary N) is 1. The van der Waals surface area contributed by atoms with E-state index in [2.05, 4.69) is 10.3 Å². The molecule has 3 rings (SSSR count). The number of nitrogen functional groups attached to an aromatic ring is 1. The molecule has 0 radical (unpaired) electrons. The molecule has 2 atom stereocenters. The van der Waals surface area contributed by atoms with Crippen molar-refractivity contribution >= 4 is 22.3 Å². The number of benzene rings is 1. The standard InChI is InChI=1S/C16H21N3O/c17-11-6-7-12-13(8-9-18-15(12)10-11)19-14-4-2-1-3-5-16(14)20/h6-10,14,16,20H,1-5,17H2,(H,18,19). The summed E-state index contributed by atoms with van der Waals surface area (Å²) in [6, 6.07) is 7.85. The van der Waals surface area contributed by atoms with Crippen LogP contribution in [0.15, 0.2) is 30.5 Å².